The van der Waals surface area contributed by atoms with Crippen molar-refractivity contribution >= 4 is 37.8 Å². The highest BCUT2D eigenvalue weighted by molar-refractivity contribution is 9.20. The molecule has 0 aliphatic rings. The second-order valence-corrected chi connectivity index (χ2v) is 8.25. The zero-order valence-corrected chi connectivity index (χ0v) is 7.32. The van der Waals surface area contributed by atoms with Gasteiger partial charge in [-0.05, 0) is 16.1 Å². The van der Waals surface area contributed by atoms with Crippen molar-refractivity contribution in [1.82, 2.24) is 0 Å². The summed E-state index contributed by atoms with van der Waals surface area (Å²) < 4.78 is 10.0. The lowest BCUT2D eigenvalue weighted by Gasteiger charge is -1.96. The van der Waals surface area contributed by atoms with Crippen molar-refractivity contribution in [2.45, 2.75) is 0 Å². The summed E-state index contributed by atoms with van der Waals surface area (Å²) in [5.74, 6) is 0. The van der Waals surface area contributed by atoms with E-state index < -0.39 is 6.80 Å². The highest BCUT2D eigenvalue weighted by Crippen LogP contribution is 2.59. The molecule has 0 aliphatic carbocycles. The molecule has 0 radical (unpaired) electrons. The van der Waals surface area contributed by atoms with Gasteiger partial charge in [-0.2, -0.15) is 0 Å². The monoisotopic (exact) mass is 192 g/mol. The Balaban J connectivity index is 3.26. The third-order valence-electron chi connectivity index (χ3n) is 0.196. The largest absolute Gasteiger partial charge is 0.395 e. The van der Waals surface area contributed by atoms with Gasteiger partial charge in [0.15, 0.2) is 0 Å². The Labute approximate surface area is 58.7 Å². The van der Waals surface area contributed by atoms with Gasteiger partial charge in [-0.25, -0.2) is 4.57 Å². The molecule has 0 saturated carbocycles. The van der Waals surface area contributed by atoms with Gasteiger partial charge < -0.3 is 9.79 Å². The molecule has 0 unspecified atom stereocenters. The molecule has 2 N–H and O–H groups in total. The van der Waals surface area contributed by atoms with Crippen LogP contribution < -0.4 is 0 Å². The summed E-state index contributed by atoms with van der Waals surface area (Å²) in [6.07, 6.45) is 1.76. The quantitative estimate of drug-likeness (QED) is 0.524. The number of hydrogen-bond donors (Lipinski definition) is 2. The van der Waals surface area contributed by atoms with E-state index in [4.69, 9.17) is 9.79 Å². The first kappa shape index (κ1) is 9.20. The number of rotatable bonds is 3. The Morgan fingerprint density at radius 2 is 2.00 bits per heavy atom. The Hall–Kier alpha value is 1.20. The molecule has 0 saturated heterocycles. The van der Waals surface area contributed by atoms with Crippen LogP contribution in [0.25, 0.3) is 0 Å². The summed E-state index contributed by atoms with van der Waals surface area (Å²) in [6, 6.07) is 0. The maximum atomic E-state index is 10.0. The minimum absolute atomic E-state index is 0.580. The summed E-state index contributed by atoms with van der Waals surface area (Å²) in [7, 11) is 2.98. The minimum atomic E-state index is -3.82. The van der Waals surface area contributed by atoms with E-state index in [2.05, 4.69) is 0 Å². The molecule has 8 heavy (non-hydrogen) atoms. The maximum Gasteiger partial charge on any atom is 0.395 e. The van der Waals surface area contributed by atoms with Gasteiger partial charge >= 0.3 is 6.80 Å². The SMILES string of the molecule is CSSSP(=O)(O)O. The third-order valence-corrected chi connectivity index (χ3v) is 6.92. The second kappa shape index (κ2) is 4.09. The fourth-order valence-electron chi connectivity index (χ4n) is 0.0701. The highest BCUT2D eigenvalue weighted by atomic mass is 33.6. The second-order valence-electron chi connectivity index (χ2n) is 0.800. The van der Waals surface area contributed by atoms with Crippen LogP contribution in [0.1, 0.15) is 0 Å². The molecule has 0 fully saturated rings. The van der Waals surface area contributed by atoms with Crippen molar-refractivity contribution in [3.8, 4) is 0 Å². The molecule has 0 aromatic heterocycles. The fraction of sp³-hybridized carbons (Fsp3) is 1.00. The third kappa shape index (κ3) is 7.20. The van der Waals surface area contributed by atoms with Crippen LogP contribution in [0.2, 0.25) is 0 Å². The van der Waals surface area contributed by atoms with Crippen LogP contribution in [-0.2, 0) is 4.57 Å². The Bertz CT molecular complexity index is 98.7. The standard InChI is InChI=1S/CH5O3PS3/c1-6-8-7-5(2,3)4/h1H3,(H2,2,3,4). The van der Waals surface area contributed by atoms with Gasteiger partial charge in [0.1, 0.15) is 0 Å². The Morgan fingerprint density at radius 1 is 1.50 bits per heavy atom. The zero-order chi connectivity index (χ0) is 6.62. The van der Waals surface area contributed by atoms with Crippen LogP contribution >= 0.6 is 37.8 Å². The zero-order valence-electron chi connectivity index (χ0n) is 3.97. The molecule has 0 atom stereocenters. The maximum absolute atomic E-state index is 10.0. The van der Waals surface area contributed by atoms with Gasteiger partial charge in [0, 0.05) is 10.4 Å². The van der Waals surface area contributed by atoms with Crippen LogP contribution in [0.3, 0.4) is 0 Å². The molecule has 0 spiro atoms. The summed E-state index contributed by atoms with van der Waals surface area (Å²) >= 11 is 0. The molecule has 0 heterocycles. The Kier molecular flexibility index (Phi) is 4.70. The topological polar surface area (TPSA) is 57.5 Å². The summed E-state index contributed by atoms with van der Waals surface area (Å²) in [6.45, 7) is -3.82. The van der Waals surface area contributed by atoms with E-state index in [9.17, 15) is 4.57 Å². The predicted molar refractivity (Wildman–Crippen MR) is 40.7 cm³/mol. The van der Waals surface area contributed by atoms with Crippen molar-refractivity contribution in [3.05, 3.63) is 0 Å². The highest BCUT2D eigenvalue weighted by Gasteiger charge is 2.12. The molecule has 0 rings (SSSR count). The van der Waals surface area contributed by atoms with Gasteiger partial charge in [0.25, 0.3) is 0 Å². The van der Waals surface area contributed by atoms with Gasteiger partial charge in [-0.3, -0.25) is 0 Å². The predicted octanol–water partition coefficient (Wildman–Crippen LogP) is 1.74. The first-order chi connectivity index (χ1) is 3.56. The Morgan fingerprint density at radius 3 is 2.12 bits per heavy atom. The summed E-state index contributed by atoms with van der Waals surface area (Å²) in [5, 5.41) is 0. The smallest absolute Gasteiger partial charge is 0.316 e. The summed E-state index contributed by atoms with van der Waals surface area (Å²) in [4.78, 5) is 16.4. The lowest BCUT2D eigenvalue weighted by Crippen LogP contribution is -1.60. The molecule has 0 aliphatic heterocycles. The van der Waals surface area contributed by atoms with Crippen molar-refractivity contribution in [3.63, 3.8) is 0 Å². The molecule has 3 nitrogen and oxygen atoms in total. The van der Waals surface area contributed by atoms with E-state index in [1.165, 1.54) is 10.8 Å². The first-order valence-corrected chi connectivity index (χ1v) is 7.62. The van der Waals surface area contributed by atoms with E-state index in [0.29, 0.717) is 10.4 Å². The van der Waals surface area contributed by atoms with Crippen molar-refractivity contribution in [2.75, 3.05) is 6.26 Å². The van der Waals surface area contributed by atoms with E-state index in [0.717, 1.165) is 9.83 Å². The molecular formula is CH5O3PS3. The van der Waals surface area contributed by atoms with E-state index >= 15 is 0 Å². The van der Waals surface area contributed by atoms with Crippen molar-refractivity contribution < 1.29 is 14.4 Å². The van der Waals surface area contributed by atoms with Crippen LogP contribution in [0.5, 0.6) is 0 Å². The molecule has 0 bridgehead atoms. The normalized spacial score (nSPS) is 11.9. The molecule has 0 aromatic rings. The van der Waals surface area contributed by atoms with Gasteiger partial charge in [0.2, 0.25) is 0 Å². The van der Waals surface area contributed by atoms with Crippen LogP contribution in [0.4, 0.5) is 0 Å². The summed E-state index contributed by atoms with van der Waals surface area (Å²) in [5.41, 5.74) is 0. The van der Waals surface area contributed by atoms with Gasteiger partial charge in [-0.1, -0.05) is 10.8 Å². The van der Waals surface area contributed by atoms with Gasteiger partial charge in [0.05, 0.1) is 0 Å². The van der Waals surface area contributed by atoms with Crippen molar-refractivity contribution in [1.29, 1.82) is 0 Å². The first-order valence-electron chi connectivity index (χ1n) is 1.51. The van der Waals surface area contributed by atoms with Crippen molar-refractivity contribution in [2.24, 2.45) is 0 Å². The minimum Gasteiger partial charge on any atom is -0.316 e. The number of hydrogen-bond acceptors (Lipinski definition) is 4. The van der Waals surface area contributed by atoms with E-state index in [-0.39, 0.29) is 0 Å². The van der Waals surface area contributed by atoms with E-state index in [1.807, 2.05) is 0 Å². The lowest BCUT2D eigenvalue weighted by atomic mass is 12.0. The van der Waals surface area contributed by atoms with Crippen LogP contribution in [0.15, 0.2) is 0 Å². The molecule has 0 amide bonds. The molecule has 50 valence electrons. The van der Waals surface area contributed by atoms with Gasteiger partial charge in [-0.15, -0.1) is 0 Å². The van der Waals surface area contributed by atoms with Crippen LogP contribution in [-0.4, -0.2) is 16.0 Å². The average molecular weight is 192 g/mol. The lowest BCUT2D eigenvalue weighted by molar-refractivity contribution is 0.397. The van der Waals surface area contributed by atoms with Crippen LogP contribution in [0, 0.1) is 0 Å². The average Bonchev–Trinajstić information content (AvgIpc) is 1.59. The molecular weight excluding hydrogens is 187 g/mol. The molecule has 7 heteroatoms. The molecule has 0 aromatic carbocycles. The fourth-order valence-corrected chi connectivity index (χ4v) is 5.68. The van der Waals surface area contributed by atoms with E-state index in [1.54, 1.807) is 6.26 Å².